The first-order chi connectivity index (χ1) is 12.5. The molecule has 1 aliphatic carbocycles. The van der Waals surface area contributed by atoms with E-state index in [1.807, 2.05) is 38.1 Å². The second kappa shape index (κ2) is 6.59. The van der Waals surface area contributed by atoms with Crippen molar-refractivity contribution >= 4 is 5.91 Å². The average Bonchev–Trinajstić information content (AvgIpc) is 3.40. The first kappa shape index (κ1) is 16.8. The molecule has 2 heterocycles. The fourth-order valence-electron chi connectivity index (χ4n) is 3.20. The van der Waals surface area contributed by atoms with Gasteiger partial charge in [0.2, 0.25) is 0 Å². The van der Waals surface area contributed by atoms with E-state index >= 15 is 0 Å². The summed E-state index contributed by atoms with van der Waals surface area (Å²) in [6.45, 7) is 4.41. The lowest BCUT2D eigenvalue weighted by atomic mass is 10.0. The van der Waals surface area contributed by atoms with Crippen LogP contribution in [0.1, 0.15) is 49.6 Å². The predicted octanol–water partition coefficient (Wildman–Crippen LogP) is 2.76. The van der Waals surface area contributed by atoms with E-state index in [1.54, 1.807) is 6.33 Å². The third kappa shape index (κ3) is 3.79. The molecule has 1 aromatic carbocycles. The number of aromatic nitrogens is 2. The quantitative estimate of drug-likeness (QED) is 0.864. The van der Waals surface area contributed by atoms with Gasteiger partial charge in [0, 0.05) is 23.6 Å². The Morgan fingerprint density at radius 1 is 1.35 bits per heavy atom. The smallest absolute Gasteiger partial charge is 0.258 e. The Hall–Kier alpha value is -2.63. The maximum absolute atomic E-state index is 12.1. The van der Waals surface area contributed by atoms with Crippen LogP contribution in [0.5, 0.6) is 11.5 Å². The van der Waals surface area contributed by atoms with Gasteiger partial charge >= 0.3 is 0 Å². The number of nitrogens with zero attached hydrogens (tertiary/aromatic N) is 2. The number of carbonyl (C=O) groups excluding carboxylic acids is 1. The standard InChI is InChI=1S/C20H23N3O3/c1-20(2)9-14-4-3-5-17(19(14)26-20)25-11-18(24)21-10-15-8-16(13-6-7-13)23-12-22-15/h3-5,8,12-13H,6-7,9-11H2,1-2H3,(H,21,24). The highest BCUT2D eigenvalue weighted by Gasteiger charge is 2.32. The number of fused-ring (bicyclic) bond motifs is 1. The normalized spacial score (nSPS) is 17.3. The van der Waals surface area contributed by atoms with Crippen molar-refractivity contribution < 1.29 is 14.3 Å². The van der Waals surface area contributed by atoms with Crippen molar-refractivity contribution in [3.63, 3.8) is 0 Å². The number of nitrogens with one attached hydrogen (secondary N) is 1. The number of ether oxygens (including phenoxy) is 2. The van der Waals surface area contributed by atoms with Crippen molar-refractivity contribution in [1.82, 2.24) is 15.3 Å². The Labute approximate surface area is 153 Å². The fraction of sp³-hybridized carbons (Fsp3) is 0.450. The van der Waals surface area contributed by atoms with E-state index in [-0.39, 0.29) is 18.1 Å². The molecule has 0 bridgehead atoms. The number of hydrogen-bond donors (Lipinski definition) is 1. The first-order valence-electron chi connectivity index (χ1n) is 9.01. The number of carbonyl (C=O) groups is 1. The van der Waals surface area contributed by atoms with Crippen LogP contribution in [0.15, 0.2) is 30.6 Å². The Bertz CT molecular complexity index is 831. The molecule has 0 unspecified atom stereocenters. The third-order valence-corrected chi connectivity index (χ3v) is 4.62. The van der Waals surface area contributed by atoms with Crippen molar-refractivity contribution in [3.8, 4) is 11.5 Å². The summed E-state index contributed by atoms with van der Waals surface area (Å²) in [6, 6.07) is 7.76. The summed E-state index contributed by atoms with van der Waals surface area (Å²) in [5.41, 5.74) is 2.76. The number of amides is 1. The molecule has 1 aliphatic heterocycles. The van der Waals surface area contributed by atoms with E-state index in [1.165, 1.54) is 12.8 Å². The minimum Gasteiger partial charge on any atom is -0.483 e. The second-order valence-corrected chi connectivity index (χ2v) is 7.56. The van der Waals surface area contributed by atoms with Crippen LogP contribution in [0.4, 0.5) is 0 Å². The van der Waals surface area contributed by atoms with Crippen LogP contribution in [0.2, 0.25) is 0 Å². The highest BCUT2D eigenvalue weighted by Crippen LogP contribution is 2.41. The molecule has 1 amide bonds. The van der Waals surface area contributed by atoms with Gasteiger partial charge < -0.3 is 14.8 Å². The summed E-state index contributed by atoms with van der Waals surface area (Å²) in [5.74, 6) is 1.74. The molecule has 1 fully saturated rings. The molecular formula is C20H23N3O3. The highest BCUT2D eigenvalue weighted by molar-refractivity contribution is 5.77. The van der Waals surface area contributed by atoms with Crippen molar-refractivity contribution in [2.75, 3.05) is 6.61 Å². The Balaban J connectivity index is 1.31. The summed E-state index contributed by atoms with van der Waals surface area (Å²) in [7, 11) is 0. The zero-order valence-electron chi connectivity index (χ0n) is 15.1. The monoisotopic (exact) mass is 353 g/mol. The molecule has 6 nitrogen and oxygen atoms in total. The van der Waals surface area contributed by atoms with Crippen LogP contribution in [0, 0.1) is 0 Å². The van der Waals surface area contributed by atoms with Gasteiger partial charge in [-0.05, 0) is 38.8 Å². The number of hydrogen-bond acceptors (Lipinski definition) is 5. The van der Waals surface area contributed by atoms with Gasteiger partial charge in [-0.1, -0.05) is 12.1 Å². The number of para-hydroxylation sites is 1. The van der Waals surface area contributed by atoms with E-state index in [9.17, 15) is 4.79 Å². The van der Waals surface area contributed by atoms with Gasteiger partial charge in [-0.25, -0.2) is 9.97 Å². The molecular weight excluding hydrogens is 330 g/mol. The van der Waals surface area contributed by atoms with Crippen molar-refractivity contribution in [2.45, 2.75) is 51.2 Å². The Morgan fingerprint density at radius 3 is 3.00 bits per heavy atom. The number of benzene rings is 1. The second-order valence-electron chi connectivity index (χ2n) is 7.56. The zero-order valence-corrected chi connectivity index (χ0v) is 15.1. The lowest BCUT2D eigenvalue weighted by molar-refractivity contribution is -0.123. The van der Waals surface area contributed by atoms with Crippen LogP contribution in [0.3, 0.4) is 0 Å². The van der Waals surface area contributed by atoms with Crippen LogP contribution in [0.25, 0.3) is 0 Å². The summed E-state index contributed by atoms with van der Waals surface area (Å²) in [6.07, 6.45) is 4.79. The highest BCUT2D eigenvalue weighted by atomic mass is 16.5. The van der Waals surface area contributed by atoms with Crippen molar-refractivity contribution in [3.05, 3.63) is 47.5 Å². The van der Waals surface area contributed by atoms with E-state index in [0.29, 0.717) is 18.2 Å². The average molecular weight is 353 g/mol. The van der Waals surface area contributed by atoms with Crippen LogP contribution in [-0.4, -0.2) is 28.1 Å². The van der Waals surface area contributed by atoms with Gasteiger partial charge in [-0.15, -0.1) is 0 Å². The molecule has 0 radical (unpaired) electrons. The molecule has 26 heavy (non-hydrogen) atoms. The maximum Gasteiger partial charge on any atom is 0.258 e. The van der Waals surface area contributed by atoms with Crippen LogP contribution >= 0.6 is 0 Å². The summed E-state index contributed by atoms with van der Waals surface area (Å²) < 4.78 is 11.6. The van der Waals surface area contributed by atoms with Gasteiger partial charge in [0.05, 0.1) is 12.2 Å². The summed E-state index contributed by atoms with van der Waals surface area (Å²) >= 11 is 0. The molecule has 1 saturated carbocycles. The minimum absolute atomic E-state index is 0.0548. The molecule has 136 valence electrons. The molecule has 6 heteroatoms. The van der Waals surface area contributed by atoms with Gasteiger partial charge in [0.1, 0.15) is 11.9 Å². The summed E-state index contributed by atoms with van der Waals surface area (Å²) in [5, 5.41) is 2.84. The molecule has 4 rings (SSSR count). The van der Waals surface area contributed by atoms with Gasteiger partial charge in [0.15, 0.2) is 18.1 Å². The maximum atomic E-state index is 12.1. The molecule has 0 spiro atoms. The lowest BCUT2D eigenvalue weighted by Gasteiger charge is -2.18. The van der Waals surface area contributed by atoms with E-state index in [4.69, 9.17) is 9.47 Å². The molecule has 0 saturated heterocycles. The Morgan fingerprint density at radius 2 is 2.19 bits per heavy atom. The van der Waals surface area contributed by atoms with Crippen molar-refractivity contribution in [1.29, 1.82) is 0 Å². The topological polar surface area (TPSA) is 73.3 Å². The Kier molecular flexibility index (Phi) is 4.26. The fourth-order valence-corrected chi connectivity index (χ4v) is 3.20. The first-order valence-corrected chi connectivity index (χ1v) is 9.01. The van der Waals surface area contributed by atoms with Crippen LogP contribution < -0.4 is 14.8 Å². The van der Waals surface area contributed by atoms with E-state index in [0.717, 1.165) is 29.1 Å². The predicted molar refractivity (Wildman–Crippen MR) is 96.2 cm³/mol. The van der Waals surface area contributed by atoms with Gasteiger partial charge in [-0.2, -0.15) is 0 Å². The summed E-state index contributed by atoms with van der Waals surface area (Å²) in [4.78, 5) is 20.6. The third-order valence-electron chi connectivity index (χ3n) is 4.62. The van der Waals surface area contributed by atoms with Gasteiger partial charge in [0.25, 0.3) is 5.91 Å². The minimum atomic E-state index is -0.240. The lowest BCUT2D eigenvalue weighted by Crippen LogP contribution is -2.29. The van der Waals surface area contributed by atoms with Crippen molar-refractivity contribution in [2.24, 2.45) is 0 Å². The van der Waals surface area contributed by atoms with Gasteiger partial charge in [-0.3, -0.25) is 4.79 Å². The van der Waals surface area contributed by atoms with Crippen LogP contribution in [-0.2, 0) is 17.8 Å². The van der Waals surface area contributed by atoms with E-state index in [2.05, 4.69) is 15.3 Å². The number of rotatable bonds is 6. The molecule has 0 atom stereocenters. The largest absolute Gasteiger partial charge is 0.483 e. The molecule has 1 aromatic heterocycles. The zero-order chi connectivity index (χ0) is 18.1. The SMILES string of the molecule is CC1(C)Cc2cccc(OCC(=O)NCc3cc(C4CC4)ncn3)c2O1. The van der Waals surface area contributed by atoms with E-state index < -0.39 is 0 Å². The molecule has 1 N–H and O–H groups in total. The molecule has 2 aliphatic rings. The molecule has 2 aromatic rings.